The van der Waals surface area contributed by atoms with Gasteiger partial charge in [-0.3, -0.25) is 14.2 Å². The largest absolute Gasteiger partial charge is 0.301 e. The predicted molar refractivity (Wildman–Crippen MR) is 128 cm³/mol. The van der Waals surface area contributed by atoms with Crippen molar-refractivity contribution in [2.75, 3.05) is 11.1 Å². The highest BCUT2D eigenvalue weighted by atomic mass is 32.2. The first-order chi connectivity index (χ1) is 15.2. The second kappa shape index (κ2) is 8.94. The maximum atomic E-state index is 13.6. The number of nitrogens with zero attached hydrogens (tertiary/aromatic N) is 3. The van der Waals surface area contributed by atoms with E-state index in [-0.39, 0.29) is 17.2 Å². The monoisotopic (exact) mass is 468 g/mol. The van der Waals surface area contributed by atoms with E-state index in [1.165, 1.54) is 33.5 Å². The van der Waals surface area contributed by atoms with Crippen LogP contribution in [0.1, 0.15) is 28.8 Å². The molecule has 0 aliphatic heterocycles. The van der Waals surface area contributed by atoms with Crippen molar-refractivity contribution >= 4 is 55.7 Å². The topological polar surface area (TPSA) is 76.9 Å². The van der Waals surface area contributed by atoms with Crippen molar-refractivity contribution in [3.63, 3.8) is 0 Å². The van der Waals surface area contributed by atoms with E-state index in [1.54, 1.807) is 22.1 Å². The van der Waals surface area contributed by atoms with E-state index in [2.05, 4.69) is 10.3 Å². The Labute approximate surface area is 191 Å². The summed E-state index contributed by atoms with van der Waals surface area (Å²) in [5.41, 5.74) is 2.21. The fourth-order valence-corrected chi connectivity index (χ4v) is 6.45. The molecule has 3 aromatic heterocycles. The van der Waals surface area contributed by atoms with Crippen molar-refractivity contribution in [3.8, 4) is 0 Å². The van der Waals surface area contributed by atoms with Gasteiger partial charge < -0.3 is 5.32 Å². The van der Waals surface area contributed by atoms with Gasteiger partial charge in [-0.2, -0.15) is 0 Å². The Bertz CT molecular complexity index is 1280. The summed E-state index contributed by atoms with van der Waals surface area (Å²) >= 11 is 4.30. The van der Waals surface area contributed by atoms with E-state index in [0.717, 1.165) is 41.5 Å². The van der Waals surface area contributed by atoms with Gasteiger partial charge in [0.1, 0.15) is 4.83 Å². The van der Waals surface area contributed by atoms with Crippen LogP contribution in [0.3, 0.4) is 0 Å². The third kappa shape index (κ3) is 4.30. The fraction of sp³-hybridized carbons (Fsp3) is 0.273. The van der Waals surface area contributed by atoms with Crippen LogP contribution in [0, 0.1) is 0 Å². The number of amides is 1. The lowest BCUT2D eigenvalue weighted by Gasteiger charge is -2.13. The molecule has 0 saturated carbocycles. The number of aryl methyl sites for hydroxylation is 2. The van der Waals surface area contributed by atoms with Crippen LogP contribution < -0.4 is 10.9 Å². The van der Waals surface area contributed by atoms with Crippen molar-refractivity contribution in [1.29, 1.82) is 0 Å². The zero-order valence-corrected chi connectivity index (χ0v) is 19.1. The Morgan fingerprint density at radius 1 is 1.19 bits per heavy atom. The third-order valence-corrected chi connectivity index (χ3v) is 8.08. The maximum Gasteiger partial charge on any atom is 0.263 e. The summed E-state index contributed by atoms with van der Waals surface area (Å²) in [6, 6.07) is 9.90. The molecule has 1 N–H and O–H groups in total. The van der Waals surface area contributed by atoms with Crippen molar-refractivity contribution in [2.24, 2.45) is 0 Å². The summed E-state index contributed by atoms with van der Waals surface area (Å²) < 4.78 is 1.72. The van der Waals surface area contributed by atoms with Crippen molar-refractivity contribution < 1.29 is 4.79 Å². The number of fused-ring (bicyclic) bond motifs is 3. The molecule has 0 bridgehead atoms. The number of thioether (sulfide) groups is 1. The maximum absolute atomic E-state index is 13.6. The third-order valence-electron chi connectivity index (χ3n) is 5.23. The van der Waals surface area contributed by atoms with E-state index in [9.17, 15) is 9.59 Å². The number of nitrogens with one attached hydrogen (secondary N) is 1. The molecule has 158 valence electrons. The first-order valence-corrected chi connectivity index (χ1v) is 12.8. The highest BCUT2D eigenvalue weighted by molar-refractivity contribution is 7.99. The molecule has 31 heavy (non-hydrogen) atoms. The first kappa shape index (κ1) is 20.4. The highest BCUT2D eigenvalue weighted by Gasteiger charge is 2.22. The van der Waals surface area contributed by atoms with Crippen LogP contribution in [-0.2, 0) is 24.2 Å². The number of hydrogen-bond acceptors (Lipinski definition) is 7. The van der Waals surface area contributed by atoms with Gasteiger partial charge >= 0.3 is 0 Å². The number of rotatable bonds is 6. The van der Waals surface area contributed by atoms with Crippen LogP contribution in [-0.4, -0.2) is 26.2 Å². The molecule has 4 aromatic rings. The van der Waals surface area contributed by atoms with Crippen LogP contribution in [0.5, 0.6) is 0 Å². The van der Waals surface area contributed by atoms with Gasteiger partial charge in [0.2, 0.25) is 5.91 Å². The summed E-state index contributed by atoms with van der Waals surface area (Å²) in [5, 5.41) is 6.52. The molecule has 6 nitrogen and oxygen atoms in total. The summed E-state index contributed by atoms with van der Waals surface area (Å²) in [6.45, 7) is 0.434. The standard InChI is InChI=1S/C22H20N4O2S3/c27-17(24-21-23-10-11-29-21)13-30-22-25-19-18(15-8-4-5-9-16(15)31-19)20(28)26(22)12-14-6-2-1-3-7-14/h1-3,6-7,10-11H,4-5,8-9,12-13H2,(H,23,24,27). The molecule has 1 amide bonds. The minimum absolute atomic E-state index is 0.00363. The number of anilines is 1. The summed E-state index contributed by atoms with van der Waals surface area (Å²) in [5.74, 6) is 0.00301. The SMILES string of the molecule is O=C(CSc1nc2sc3c(c2c(=O)n1Cc1ccccc1)CCCC3)Nc1nccs1. The minimum atomic E-state index is -0.161. The molecule has 1 aliphatic carbocycles. The summed E-state index contributed by atoms with van der Waals surface area (Å²) in [6.07, 6.45) is 5.90. The summed E-state index contributed by atoms with van der Waals surface area (Å²) in [4.78, 5) is 37.0. The lowest BCUT2D eigenvalue weighted by atomic mass is 9.97. The molecule has 1 aliphatic rings. The van der Waals surface area contributed by atoms with Crippen molar-refractivity contribution in [1.82, 2.24) is 14.5 Å². The zero-order valence-electron chi connectivity index (χ0n) is 16.7. The van der Waals surface area contributed by atoms with Gasteiger partial charge in [0.15, 0.2) is 10.3 Å². The number of hydrogen-bond donors (Lipinski definition) is 1. The smallest absolute Gasteiger partial charge is 0.263 e. The molecule has 1 aromatic carbocycles. The molecule has 0 saturated heterocycles. The highest BCUT2D eigenvalue weighted by Crippen LogP contribution is 2.34. The van der Waals surface area contributed by atoms with Crippen molar-refractivity contribution in [2.45, 2.75) is 37.4 Å². The van der Waals surface area contributed by atoms with E-state index >= 15 is 0 Å². The van der Waals surface area contributed by atoms with Gasteiger partial charge in [0.05, 0.1) is 17.7 Å². The quantitative estimate of drug-likeness (QED) is 0.331. The predicted octanol–water partition coefficient (Wildman–Crippen LogP) is 4.57. The number of carbonyl (C=O) groups is 1. The molecule has 3 heterocycles. The van der Waals surface area contributed by atoms with Crippen LogP contribution >= 0.6 is 34.4 Å². The second-order valence-electron chi connectivity index (χ2n) is 7.34. The molecule has 0 radical (unpaired) electrons. The normalized spacial score (nSPS) is 13.3. The molecule has 0 atom stereocenters. The first-order valence-electron chi connectivity index (χ1n) is 10.1. The van der Waals surface area contributed by atoms with E-state index in [1.807, 2.05) is 35.7 Å². The molecule has 0 spiro atoms. The number of aromatic nitrogens is 3. The number of thiazole rings is 1. The summed E-state index contributed by atoms with van der Waals surface area (Å²) in [7, 11) is 0. The van der Waals surface area contributed by atoms with Crippen LogP contribution in [0.4, 0.5) is 5.13 Å². The average Bonchev–Trinajstić information content (AvgIpc) is 3.42. The molecule has 9 heteroatoms. The minimum Gasteiger partial charge on any atom is -0.301 e. The Morgan fingerprint density at radius 2 is 2.03 bits per heavy atom. The number of thiophene rings is 1. The average molecular weight is 469 g/mol. The lowest BCUT2D eigenvalue weighted by Crippen LogP contribution is -2.25. The van der Waals surface area contributed by atoms with E-state index in [0.29, 0.717) is 16.8 Å². The molecule has 5 rings (SSSR count). The van der Waals surface area contributed by atoms with Crippen LogP contribution in [0.2, 0.25) is 0 Å². The zero-order chi connectivity index (χ0) is 21.2. The van der Waals surface area contributed by atoms with Crippen LogP contribution in [0.15, 0.2) is 51.9 Å². The van der Waals surface area contributed by atoms with E-state index < -0.39 is 0 Å². The van der Waals surface area contributed by atoms with Crippen molar-refractivity contribution in [3.05, 3.63) is 68.3 Å². The van der Waals surface area contributed by atoms with Gasteiger partial charge in [-0.15, -0.1) is 22.7 Å². The Kier molecular flexibility index (Phi) is 5.89. The Morgan fingerprint density at radius 3 is 2.84 bits per heavy atom. The van der Waals surface area contributed by atoms with Gasteiger partial charge in [-0.1, -0.05) is 42.1 Å². The molecule has 0 fully saturated rings. The van der Waals surface area contributed by atoms with Gasteiger partial charge in [0, 0.05) is 16.5 Å². The van der Waals surface area contributed by atoms with Crippen LogP contribution in [0.25, 0.3) is 10.2 Å². The Balaban J connectivity index is 1.51. The van der Waals surface area contributed by atoms with Gasteiger partial charge in [-0.05, 0) is 36.8 Å². The number of carbonyl (C=O) groups excluding carboxylic acids is 1. The fourth-order valence-electron chi connectivity index (χ4n) is 3.81. The number of benzene rings is 1. The Hall–Kier alpha value is -2.49. The van der Waals surface area contributed by atoms with E-state index in [4.69, 9.17) is 4.98 Å². The molecular weight excluding hydrogens is 448 g/mol. The molecule has 0 unspecified atom stereocenters. The van der Waals surface area contributed by atoms with Gasteiger partial charge in [0.25, 0.3) is 5.56 Å². The van der Waals surface area contributed by atoms with Gasteiger partial charge in [-0.25, -0.2) is 9.97 Å². The molecular formula is C22H20N4O2S3. The second-order valence-corrected chi connectivity index (χ2v) is 10.3. The lowest BCUT2D eigenvalue weighted by molar-refractivity contribution is -0.113.